The molecule has 1 rings (SSSR count). The quantitative estimate of drug-likeness (QED) is 0.0355. The number of rotatable bonds is 22. The Hall–Kier alpha value is -4.77. The molecule has 274 valence electrons. The minimum absolute atomic E-state index is 0.0355. The van der Waals surface area contributed by atoms with Crippen LogP contribution in [0.2, 0.25) is 0 Å². The smallest absolute Gasteiger partial charge is 0.326 e. The molecule has 17 heteroatoms. The van der Waals surface area contributed by atoms with Crippen molar-refractivity contribution in [3.8, 4) is 0 Å². The summed E-state index contributed by atoms with van der Waals surface area (Å²) in [4.78, 5) is 80.4. The molecule has 0 spiro atoms. The van der Waals surface area contributed by atoms with Crippen molar-refractivity contribution >= 4 is 41.5 Å². The van der Waals surface area contributed by atoms with Crippen molar-refractivity contribution in [3.05, 3.63) is 35.9 Å². The first-order chi connectivity index (χ1) is 23.1. The summed E-state index contributed by atoms with van der Waals surface area (Å²) in [6, 6.07) is 3.10. The number of carbonyl (C=O) groups is 6. The lowest BCUT2D eigenvalue weighted by molar-refractivity contribution is -0.142. The fourth-order valence-electron chi connectivity index (χ4n) is 4.65. The molecule has 0 aliphatic carbocycles. The Kier molecular flexibility index (Phi) is 18.9. The first-order valence-corrected chi connectivity index (χ1v) is 16.3. The molecule has 1 aromatic carbocycles. The maximum Gasteiger partial charge on any atom is 0.326 e. The second kappa shape index (κ2) is 22.0. The molecule has 0 fully saturated rings. The van der Waals surface area contributed by atoms with E-state index in [4.69, 9.17) is 17.2 Å². The number of guanidine groups is 1. The second-order valence-electron chi connectivity index (χ2n) is 12.2. The molecule has 0 saturated carbocycles. The van der Waals surface area contributed by atoms with E-state index in [0.717, 1.165) is 5.56 Å². The average molecular weight is 692 g/mol. The van der Waals surface area contributed by atoms with Gasteiger partial charge < -0.3 is 54.0 Å². The largest absolute Gasteiger partial charge is 0.480 e. The van der Waals surface area contributed by atoms with E-state index in [0.29, 0.717) is 6.42 Å². The third kappa shape index (κ3) is 16.3. The van der Waals surface area contributed by atoms with Gasteiger partial charge in [0.1, 0.15) is 24.2 Å². The highest BCUT2D eigenvalue weighted by atomic mass is 16.4. The molecule has 0 radical (unpaired) electrons. The van der Waals surface area contributed by atoms with Crippen LogP contribution in [0, 0.1) is 11.8 Å². The van der Waals surface area contributed by atoms with Crippen LogP contribution in [0.25, 0.3) is 0 Å². The van der Waals surface area contributed by atoms with Crippen molar-refractivity contribution in [1.29, 1.82) is 0 Å². The number of hydrogen-bond donors (Lipinski definition) is 10. The molecule has 0 aliphatic rings. The summed E-state index contributed by atoms with van der Waals surface area (Å²) in [5.74, 6) is -5.56. The van der Waals surface area contributed by atoms with Gasteiger partial charge in [0.2, 0.25) is 29.5 Å². The van der Waals surface area contributed by atoms with Gasteiger partial charge in [-0.15, -0.1) is 0 Å². The fraction of sp³-hybridized carbons (Fsp3) is 0.594. The molecule has 49 heavy (non-hydrogen) atoms. The van der Waals surface area contributed by atoms with Gasteiger partial charge in [-0.05, 0) is 43.1 Å². The summed E-state index contributed by atoms with van der Waals surface area (Å²) in [5, 5.41) is 31.7. The van der Waals surface area contributed by atoms with Crippen molar-refractivity contribution in [3.63, 3.8) is 0 Å². The number of carbonyl (C=O) groups excluding carboxylic acids is 5. The molecule has 1 aromatic rings. The zero-order valence-corrected chi connectivity index (χ0v) is 28.6. The number of aliphatic hydroxyl groups excluding tert-OH is 1. The monoisotopic (exact) mass is 691 g/mol. The highest BCUT2D eigenvalue weighted by molar-refractivity contribution is 5.95. The summed E-state index contributed by atoms with van der Waals surface area (Å²) in [6.07, 6.45) is 1.14. The molecule has 6 atom stereocenters. The highest BCUT2D eigenvalue weighted by Gasteiger charge is 2.31. The molecule has 5 amide bonds. The van der Waals surface area contributed by atoms with Crippen molar-refractivity contribution < 1.29 is 39.0 Å². The van der Waals surface area contributed by atoms with Gasteiger partial charge in [0, 0.05) is 6.54 Å². The molecule has 0 saturated heterocycles. The van der Waals surface area contributed by atoms with Gasteiger partial charge in [0.25, 0.3) is 0 Å². The number of nitrogens with two attached hydrogens (primary N) is 3. The molecule has 0 bridgehead atoms. The van der Waals surface area contributed by atoms with Crippen LogP contribution >= 0.6 is 0 Å². The first-order valence-electron chi connectivity index (χ1n) is 16.3. The van der Waals surface area contributed by atoms with Gasteiger partial charge in [-0.3, -0.25) is 29.0 Å². The van der Waals surface area contributed by atoms with Gasteiger partial charge in [-0.2, -0.15) is 0 Å². The SMILES string of the molecule is CC[C@H](C)[C@H](NC(=O)[C@H](CO)NC(=O)[C@@H](N)Cc1ccccc1)C(=O)NCC(=O)N[C@@H](CCCN=C(N)N)C(=O)N[C@@H](CC(C)C)C(=O)O. The van der Waals surface area contributed by atoms with Gasteiger partial charge >= 0.3 is 5.97 Å². The molecule has 0 aliphatic heterocycles. The van der Waals surface area contributed by atoms with E-state index in [1.54, 1.807) is 52.0 Å². The Labute approximate surface area is 286 Å². The summed E-state index contributed by atoms with van der Waals surface area (Å²) in [7, 11) is 0. The van der Waals surface area contributed by atoms with Crippen LogP contribution in [-0.2, 0) is 35.2 Å². The lowest BCUT2D eigenvalue weighted by atomic mass is 9.97. The van der Waals surface area contributed by atoms with E-state index in [1.807, 2.05) is 6.07 Å². The van der Waals surface area contributed by atoms with E-state index in [2.05, 4.69) is 31.6 Å². The average Bonchev–Trinajstić information content (AvgIpc) is 3.05. The molecule has 13 N–H and O–H groups in total. The van der Waals surface area contributed by atoms with E-state index in [9.17, 15) is 39.0 Å². The highest BCUT2D eigenvalue weighted by Crippen LogP contribution is 2.10. The Morgan fingerprint density at radius 1 is 0.837 bits per heavy atom. The third-order valence-electron chi connectivity index (χ3n) is 7.59. The number of amides is 5. The lowest BCUT2D eigenvalue weighted by Gasteiger charge is -2.26. The standard InChI is InChI=1S/C32H53N9O8/c1-5-19(4)26(41-29(46)24(17-42)40-27(44)21(33)15-20-10-7-6-8-11-20)30(47)37-16-25(43)38-22(12-9-13-36-32(34)35)28(45)39-23(31(48)49)14-18(2)3/h6-8,10-11,18-19,21-24,26,42H,5,9,12-17,33H2,1-4H3,(H,37,47)(H,38,43)(H,39,45)(H,40,44)(H,41,46)(H,48,49)(H4,34,35,36)/t19-,21-,22-,23-,24-,26-/m0/s1. The molecule has 17 nitrogen and oxygen atoms in total. The Morgan fingerprint density at radius 3 is 2.00 bits per heavy atom. The van der Waals surface area contributed by atoms with Crippen LogP contribution in [-0.4, -0.2) is 102 Å². The number of aliphatic imine (C=N–C) groups is 1. The zero-order valence-electron chi connectivity index (χ0n) is 28.6. The van der Waals surface area contributed by atoms with Gasteiger partial charge in [-0.1, -0.05) is 64.4 Å². The predicted molar refractivity (Wildman–Crippen MR) is 182 cm³/mol. The maximum atomic E-state index is 13.2. The third-order valence-corrected chi connectivity index (χ3v) is 7.59. The zero-order chi connectivity index (χ0) is 37.1. The van der Waals surface area contributed by atoms with Crippen molar-refractivity contribution in [2.75, 3.05) is 19.7 Å². The lowest BCUT2D eigenvalue weighted by Crippen LogP contribution is -2.59. The molecule has 0 heterocycles. The number of nitrogens with zero attached hydrogens (tertiary/aromatic N) is 1. The number of carboxylic acid groups (broad SMARTS) is 1. The van der Waals surface area contributed by atoms with Crippen molar-refractivity contribution in [2.24, 2.45) is 34.0 Å². The Bertz CT molecular complexity index is 1270. The second-order valence-corrected chi connectivity index (χ2v) is 12.2. The summed E-state index contributed by atoms with van der Waals surface area (Å²) in [5.41, 5.74) is 17.5. The van der Waals surface area contributed by atoms with E-state index in [1.165, 1.54) is 0 Å². The van der Waals surface area contributed by atoms with E-state index >= 15 is 0 Å². The van der Waals surface area contributed by atoms with E-state index < -0.39 is 84.8 Å². The number of benzene rings is 1. The normalized spacial score (nSPS) is 14.6. The number of hydrogen-bond acceptors (Lipinski definition) is 9. The van der Waals surface area contributed by atoms with Gasteiger partial charge in [0.15, 0.2) is 5.96 Å². The molecular weight excluding hydrogens is 638 g/mol. The molecular formula is C32H53N9O8. The van der Waals surface area contributed by atoms with Crippen LogP contribution in [0.1, 0.15) is 58.9 Å². The van der Waals surface area contributed by atoms with Crippen LogP contribution in [0.4, 0.5) is 0 Å². The maximum absolute atomic E-state index is 13.2. The minimum Gasteiger partial charge on any atom is -0.480 e. The Balaban J connectivity index is 2.91. The van der Waals surface area contributed by atoms with Crippen LogP contribution in [0.15, 0.2) is 35.3 Å². The fourth-order valence-corrected chi connectivity index (χ4v) is 4.65. The topological polar surface area (TPSA) is 293 Å². The van der Waals surface area contributed by atoms with E-state index in [-0.39, 0.29) is 44.1 Å². The minimum atomic E-state index is -1.40. The first kappa shape index (κ1) is 42.3. The number of nitrogens with one attached hydrogen (secondary N) is 5. The molecule has 0 aromatic heterocycles. The molecule has 0 unspecified atom stereocenters. The van der Waals surface area contributed by atoms with Crippen LogP contribution in [0.5, 0.6) is 0 Å². The number of carboxylic acids is 1. The summed E-state index contributed by atoms with van der Waals surface area (Å²) in [6.45, 7) is 5.89. The number of aliphatic hydroxyl groups is 1. The van der Waals surface area contributed by atoms with Crippen LogP contribution in [0.3, 0.4) is 0 Å². The van der Waals surface area contributed by atoms with Crippen molar-refractivity contribution in [2.45, 2.75) is 90.0 Å². The van der Waals surface area contributed by atoms with Gasteiger partial charge in [0.05, 0.1) is 19.2 Å². The summed E-state index contributed by atoms with van der Waals surface area (Å²) < 4.78 is 0. The number of aliphatic carboxylic acids is 1. The van der Waals surface area contributed by atoms with Crippen LogP contribution < -0.4 is 43.8 Å². The predicted octanol–water partition coefficient (Wildman–Crippen LogP) is -2.17. The van der Waals surface area contributed by atoms with Gasteiger partial charge in [-0.25, -0.2) is 4.79 Å². The van der Waals surface area contributed by atoms with Crippen molar-refractivity contribution in [1.82, 2.24) is 26.6 Å². The Morgan fingerprint density at radius 2 is 1.45 bits per heavy atom. The summed E-state index contributed by atoms with van der Waals surface area (Å²) >= 11 is 0.